The smallest absolute Gasteiger partial charge is 0.406 e. The molecule has 0 spiro atoms. The van der Waals surface area contributed by atoms with Gasteiger partial charge in [-0.2, -0.15) is 0 Å². The van der Waals surface area contributed by atoms with Crippen LogP contribution in [0.5, 0.6) is 5.75 Å². The van der Waals surface area contributed by atoms with Gasteiger partial charge in [-0.3, -0.25) is 0 Å². The van der Waals surface area contributed by atoms with Gasteiger partial charge in [0, 0.05) is 0 Å². The highest BCUT2D eigenvalue weighted by molar-refractivity contribution is 5.27. The van der Waals surface area contributed by atoms with Crippen LogP contribution in [-0.4, -0.2) is 6.36 Å². The Kier molecular flexibility index (Phi) is 7.31. The zero-order valence-corrected chi connectivity index (χ0v) is 18.1. The van der Waals surface area contributed by atoms with Crippen molar-refractivity contribution >= 4 is 0 Å². The second kappa shape index (κ2) is 9.96. The van der Waals surface area contributed by atoms with Crippen LogP contribution in [0.1, 0.15) is 89.0 Å². The molecule has 3 fully saturated rings. The minimum absolute atomic E-state index is 0.130. The van der Waals surface area contributed by atoms with E-state index in [4.69, 9.17) is 0 Å². The van der Waals surface area contributed by atoms with Crippen molar-refractivity contribution in [3.8, 4) is 5.75 Å². The molecule has 0 bridgehead atoms. The molecular weight excluding hydrogens is 385 g/mol. The molecule has 30 heavy (non-hydrogen) atoms. The van der Waals surface area contributed by atoms with Gasteiger partial charge in [-0.05, 0) is 98.7 Å². The standard InChI is InChI=1S/C26H37F3O/c27-26(28,29)30-25-17-9-20(10-18-25)6-5-19-7-11-22(12-8-19)24-15-13-23(14-16-24)21-3-1-2-4-21/h9-10,17-19,21-24H,1-8,11-16H2. The van der Waals surface area contributed by atoms with Crippen LogP contribution in [0.15, 0.2) is 24.3 Å². The van der Waals surface area contributed by atoms with Crippen LogP contribution in [0.2, 0.25) is 0 Å². The van der Waals surface area contributed by atoms with Crippen molar-refractivity contribution in [3.63, 3.8) is 0 Å². The van der Waals surface area contributed by atoms with Crippen LogP contribution in [0, 0.1) is 29.6 Å². The minimum atomic E-state index is -4.62. The molecule has 1 aromatic rings. The fraction of sp³-hybridized carbons (Fsp3) is 0.769. The van der Waals surface area contributed by atoms with Gasteiger partial charge in [0.15, 0.2) is 0 Å². The topological polar surface area (TPSA) is 9.23 Å². The monoisotopic (exact) mass is 422 g/mol. The Bertz CT molecular complexity index is 631. The lowest BCUT2D eigenvalue weighted by Gasteiger charge is -2.39. The quantitative estimate of drug-likeness (QED) is 0.448. The molecule has 0 N–H and O–H groups in total. The highest BCUT2D eigenvalue weighted by atomic mass is 19.4. The van der Waals surface area contributed by atoms with Gasteiger partial charge in [-0.25, -0.2) is 0 Å². The van der Waals surface area contributed by atoms with Crippen molar-refractivity contribution in [2.45, 2.75) is 96.3 Å². The van der Waals surface area contributed by atoms with E-state index in [0.29, 0.717) is 0 Å². The Balaban J connectivity index is 1.15. The van der Waals surface area contributed by atoms with E-state index in [1.54, 1.807) is 12.1 Å². The Morgan fingerprint density at radius 3 is 1.63 bits per heavy atom. The lowest BCUT2D eigenvalue weighted by molar-refractivity contribution is -0.274. The fourth-order valence-electron chi connectivity index (χ4n) is 6.69. The number of rotatable bonds is 6. The predicted octanol–water partition coefficient (Wildman–Crippen LogP) is 8.32. The number of ether oxygens (including phenoxy) is 1. The Labute approximate surface area is 179 Å². The predicted molar refractivity (Wildman–Crippen MR) is 114 cm³/mol. The molecule has 1 aromatic carbocycles. The summed E-state index contributed by atoms with van der Waals surface area (Å²) in [6, 6.07) is 6.41. The van der Waals surface area contributed by atoms with Gasteiger partial charge in [-0.15, -0.1) is 13.2 Å². The van der Waals surface area contributed by atoms with Crippen LogP contribution >= 0.6 is 0 Å². The first-order valence-electron chi connectivity index (χ1n) is 12.3. The van der Waals surface area contributed by atoms with Crippen molar-refractivity contribution < 1.29 is 17.9 Å². The van der Waals surface area contributed by atoms with Crippen LogP contribution in [-0.2, 0) is 6.42 Å². The van der Waals surface area contributed by atoms with E-state index in [1.165, 1.54) is 89.2 Å². The molecule has 3 aliphatic carbocycles. The van der Waals surface area contributed by atoms with Gasteiger partial charge >= 0.3 is 6.36 Å². The van der Waals surface area contributed by atoms with Crippen molar-refractivity contribution in [1.82, 2.24) is 0 Å². The normalized spacial score (nSPS) is 31.0. The number of hydrogen-bond donors (Lipinski definition) is 0. The number of alkyl halides is 3. The van der Waals surface area contributed by atoms with E-state index in [9.17, 15) is 13.2 Å². The van der Waals surface area contributed by atoms with Gasteiger partial charge in [0.25, 0.3) is 0 Å². The molecule has 0 unspecified atom stereocenters. The third kappa shape index (κ3) is 6.17. The van der Waals surface area contributed by atoms with Gasteiger partial charge in [0.1, 0.15) is 5.75 Å². The summed E-state index contributed by atoms with van der Waals surface area (Å²) in [5.74, 6) is 4.66. The van der Waals surface area contributed by atoms with Crippen LogP contribution in [0.4, 0.5) is 13.2 Å². The Hall–Kier alpha value is -1.19. The molecule has 3 saturated carbocycles. The molecule has 0 aliphatic heterocycles. The molecule has 0 radical (unpaired) electrons. The van der Waals surface area contributed by atoms with Crippen molar-refractivity contribution in [2.24, 2.45) is 29.6 Å². The Morgan fingerprint density at radius 1 is 0.667 bits per heavy atom. The number of halogens is 3. The zero-order valence-electron chi connectivity index (χ0n) is 18.1. The summed E-state index contributed by atoms with van der Waals surface area (Å²) in [6.07, 6.45) is 14.8. The van der Waals surface area contributed by atoms with Gasteiger partial charge < -0.3 is 4.74 Å². The molecule has 0 amide bonds. The molecule has 0 saturated heterocycles. The summed E-state index contributed by atoms with van der Waals surface area (Å²) in [5, 5.41) is 0. The third-order valence-corrected chi connectivity index (χ3v) is 8.44. The van der Waals surface area contributed by atoms with Gasteiger partial charge in [0.2, 0.25) is 0 Å². The number of benzene rings is 1. The lowest BCUT2D eigenvalue weighted by atomic mass is 9.67. The summed E-state index contributed by atoms with van der Waals surface area (Å²) in [7, 11) is 0. The van der Waals surface area contributed by atoms with E-state index >= 15 is 0 Å². The van der Waals surface area contributed by atoms with Gasteiger partial charge in [-0.1, -0.05) is 50.7 Å². The minimum Gasteiger partial charge on any atom is -0.406 e. The molecule has 0 atom stereocenters. The maximum atomic E-state index is 12.3. The molecule has 4 heteroatoms. The molecule has 0 aromatic heterocycles. The zero-order chi connectivity index (χ0) is 21.0. The van der Waals surface area contributed by atoms with Crippen molar-refractivity contribution in [3.05, 3.63) is 29.8 Å². The van der Waals surface area contributed by atoms with E-state index in [2.05, 4.69) is 4.74 Å². The van der Waals surface area contributed by atoms with Crippen molar-refractivity contribution in [1.29, 1.82) is 0 Å². The summed E-state index contributed by atoms with van der Waals surface area (Å²) < 4.78 is 40.8. The molecule has 0 heterocycles. The maximum absolute atomic E-state index is 12.3. The highest BCUT2D eigenvalue weighted by Gasteiger charge is 2.34. The van der Waals surface area contributed by atoms with E-state index in [0.717, 1.165) is 48.0 Å². The first-order chi connectivity index (χ1) is 14.5. The maximum Gasteiger partial charge on any atom is 0.573 e. The Morgan fingerprint density at radius 2 is 1.13 bits per heavy atom. The molecular formula is C26H37F3O. The molecule has 4 rings (SSSR count). The number of aryl methyl sites for hydroxylation is 1. The SMILES string of the molecule is FC(F)(F)Oc1ccc(CCC2CCC(C3CCC(C4CCCC4)CC3)CC2)cc1. The highest BCUT2D eigenvalue weighted by Crippen LogP contribution is 2.46. The average molecular weight is 423 g/mol. The first-order valence-corrected chi connectivity index (χ1v) is 12.3. The van der Waals surface area contributed by atoms with E-state index in [-0.39, 0.29) is 5.75 Å². The van der Waals surface area contributed by atoms with Crippen LogP contribution in [0.25, 0.3) is 0 Å². The fourth-order valence-corrected chi connectivity index (χ4v) is 6.69. The largest absolute Gasteiger partial charge is 0.573 e. The lowest BCUT2D eigenvalue weighted by Crippen LogP contribution is -2.27. The molecule has 168 valence electrons. The summed E-state index contributed by atoms with van der Waals surface area (Å²) in [6.45, 7) is 0. The average Bonchev–Trinajstić information content (AvgIpc) is 3.28. The summed E-state index contributed by atoms with van der Waals surface area (Å²) >= 11 is 0. The van der Waals surface area contributed by atoms with E-state index in [1.807, 2.05) is 0 Å². The third-order valence-electron chi connectivity index (χ3n) is 8.44. The first kappa shape index (κ1) is 22.0. The van der Waals surface area contributed by atoms with Crippen LogP contribution in [0.3, 0.4) is 0 Å². The van der Waals surface area contributed by atoms with E-state index < -0.39 is 6.36 Å². The van der Waals surface area contributed by atoms with Gasteiger partial charge in [0.05, 0.1) is 0 Å². The second-order valence-corrected chi connectivity index (χ2v) is 10.2. The number of hydrogen-bond acceptors (Lipinski definition) is 1. The molecule has 1 nitrogen and oxygen atoms in total. The van der Waals surface area contributed by atoms with Crippen LogP contribution < -0.4 is 4.74 Å². The summed E-state index contributed by atoms with van der Waals surface area (Å²) in [5.41, 5.74) is 1.11. The molecule has 3 aliphatic rings. The van der Waals surface area contributed by atoms with Crippen molar-refractivity contribution in [2.75, 3.05) is 0 Å². The second-order valence-electron chi connectivity index (χ2n) is 10.2. The summed E-state index contributed by atoms with van der Waals surface area (Å²) in [4.78, 5) is 0.